The van der Waals surface area contributed by atoms with Crippen molar-refractivity contribution in [3.8, 4) is 0 Å². The van der Waals surface area contributed by atoms with E-state index >= 15 is 0 Å². The Hall–Kier alpha value is -1.09. The summed E-state index contributed by atoms with van der Waals surface area (Å²) in [4.78, 5) is 16.5. The number of carbonyl (C=O) groups excluding carboxylic acids is 1. The van der Waals surface area contributed by atoms with Gasteiger partial charge in [0.15, 0.2) is 0 Å². The molecule has 0 bridgehead atoms. The zero-order valence-electron chi connectivity index (χ0n) is 17.9. The van der Waals surface area contributed by atoms with Gasteiger partial charge in [-0.05, 0) is 44.9 Å². The highest BCUT2D eigenvalue weighted by molar-refractivity contribution is 5.74. The Kier molecular flexibility index (Phi) is 17.9. The molecule has 26 heavy (non-hydrogen) atoms. The molecule has 0 aliphatic rings. The van der Waals surface area contributed by atoms with E-state index < -0.39 is 0 Å². The average molecular weight is 366 g/mol. The molecular formula is C23H43NO2. The predicted octanol–water partition coefficient (Wildman–Crippen LogP) is 6.99. The van der Waals surface area contributed by atoms with Gasteiger partial charge >= 0.3 is 0 Å². The van der Waals surface area contributed by atoms with Gasteiger partial charge in [-0.1, -0.05) is 76.2 Å². The average Bonchev–Trinajstić information content (AvgIpc) is 2.66. The highest BCUT2D eigenvalue weighted by atomic mass is 16.7. The Morgan fingerprint density at radius 2 is 1.54 bits per heavy atom. The first-order chi connectivity index (χ1) is 12.7. The number of rotatable bonds is 17. The van der Waals surface area contributed by atoms with Crippen LogP contribution in [0.25, 0.3) is 0 Å². The standard InChI is InChI=1S/C23H43NO2/c1-5-7-15-19-22(18-8-6-2)20-16-13-11-9-10-12-14-17-21-23(25)24(3)26-4/h13,16,19H,5-12,14-15,17-18,20-21H2,1-4H3/b16-13+,22-19+. The minimum atomic E-state index is 0.0706. The van der Waals surface area contributed by atoms with Gasteiger partial charge in [-0.25, -0.2) is 5.06 Å². The largest absolute Gasteiger partial charge is 0.275 e. The quantitative estimate of drug-likeness (QED) is 0.158. The lowest BCUT2D eigenvalue weighted by atomic mass is 10.0. The van der Waals surface area contributed by atoms with Crippen molar-refractivity contribution in [2.75, 3.05) is 14.2 Å². The summed E-state index contributed by atoms with van der Waals surface area (Å²) in [6.45, 7) is 4.53. The minimum Gasteiger partial charge on any atom is -0.275 e. The van der Waals surface area contributed by atoms with Crippen molar-refractivity contribution in [1.82, 2.24) is 5.06 Å². The van der Waals surface area contributed by atoms with E-state index in [4.69, 9.17) is 4.84 Å². The summed E-state index contributed by atoms with van der Waals surface area (Å²) in [5.41, 5.74) is 1.63. The Balaban J connectivity index is 3.71. The van der Waals surface area contributed by atoms with Crippen molar-refractivity contribution in [3.63, 3.8) is 0 Å². The summed E-state index contributed by atoms with van der Waals surface area (Å²) < 4.78 is 0. The fourth-order valence-corrected chi connectivity index (χ4v) is 2.88. The van der Waals surface area contributed by atoms with Gasteiger partial charge in [0.2, 0.25) is 5.91 Å². The molecule has 0 saturated heterocycles. The molecule has 0 radical (unpaired) electrons. The van der Waals surface area contributed by atoms with Crippen molar-refractivity contribution in [2.24, 2.45) is 0 Å². The summed E-state index contributed by atoms with van der Waals surface area (Å²) >= 11 is 0. The molecule has 0 spiro atoms. The second-order valence-corrected chi connectivity index (χ2v) is 7.16. The van der Waals surface area contributed by atoms with Gasteiger partial charge < -0.3 is 0 Å². The van der Waals surface area contributed by atoms with Crippen molar-refractivity contribution in [2.45, 2.75) is 104 Å². The number of amides is 1. The molecule has 0 atom stereocenters. The van der Waals surface area contributed by atoms with Crippen LogP contribution in [0.2, 0.25) is 0 Å². The lowest BCUT2D eigenvalue weighted by Gasteiger charge is -2.12. The van der Waals surface area contributed by atoms with Crippen LogP contribution in [0, 0.1) is 0 Å². The molecule has 0 aliphatic carbocycles. The molecule has 0 aromatic rings. The molecule has 0 rings (SSSR count). The number of hydrogen-bond donors (Lipinski definition) is 0. The monoisotopic (exact) mass is 365 g/mol. The van der Waals surface area contributed by atoms with Crippen LogP contribution in [-0.2, 0) is 9.63 Å². The fraction of sp³-hybridized carbons (Fsp3) is 0.783. The molecular weight excluding hydrogens is 322 g/mol. The third kappa shape index (κ3) is 15.2. The maximum absolute atomic E-state index is 11.6. The SMILES string of the molecule is CCCC/C=C(/C/C=C/CCCCCCCC(=O)N(C)OC)CCCC. The lowest BCUT2D eigenvalue weighted by Crippen LogP contribution is -2.24. The summed E-state index contributed by atoms with van der Waals surface area (Å²) in [6.07, 6.45) is 23.6. The summed E-state index contributed by atoms with van der Waals surface area (Å²) in [6, 6.07) is 0. The van der Waals surface area contributed by atoms with Crippen molar-refractivity contribution < 1.29 is 9.63 Å². The van der Waals surface area contributed by atoms with Crippen molar-refractivity contribution in [3.05, 3.63) is 23.8 Å². The minimum absolute atomic E-state index is 0.0706. The molecule has 0 fully saturated rings. The third-order valence-electron chi connectivity index (χ3n) is 4.78. The molecule has 0 saturated carbocycles. The predicted molar refractivity (Wildman–Crippen MR) is 113 cm³/mol. The van der Waals surface area contributed by atoms with Crippen LogP contribution < -0.4 is 0 Å². The van der Waals surface area contributed by atoms with Crippen LogP contribution in [0.15, 0.2) is 23.8 Å². The third-order valence-corrected chi connectivity index (χ3v) is 4.78. The van der Waals surface area contributed by atoms with Crippen LogP contribution in [0.3, 0.4) is 0 Å². The van der Waals surface area contributed by atoms with E-state index in [1.165, 1.54) is 76.4 Å². The van der Waals surface area contributed by atoms with Gasteiger partial charge in [-0.2, -0.15) is 0 Å². The first-order valence-electron chi connectivity index (χ1n) is 10.8. The first-order valence-corrected chi connectivity index (χ1v) is 10.8. The number of nitrogens with zero attached hydrogens (tertiary/aromatic N) is 1. The summed E-state index contributed by atoms with van der Waals surface area (Å²) in [5, 5.41) is 1.32. The number of allylic oxidation sites excluding steroid dienone is 4. The van der Waals surface area contributed by atoms with Gasteiger partial charge in [0.25, 0.3) is 0 Å². The van der Waals surface area contributed by atoms with Gasteiger partial charge in [0, 0.05) is 13.5 Å². The molecule has 1 amide bonds. The smallest absolute Gasteiger partial charge is 0.245 e. The van der Waals surface area contributed by atoms with E-state index in [1.807, 2.05) is 0 Å². The maximum atomic E-state index is 11.6. The van der Waals surface area contributed by atoms with Crippen LogP contribution in [0.5, 0.6) is 0 Å². The Labute approximate surface area is 162 Å². The summed E-state index contributed by atoms with van der Waals surface area (Å²) in [7, 11) is 3.19. The molecule has 0 aromatic carbocycles. The highest BCUT2D eigenvalue weighted by Crippen LogP contribution is 2.15. The normalized spacial score (nSPS) is 12.1. The number of hydrogen-bond acceptors (Lipinski definition) is 2. The van der Waals surface area contributed by atoms with Crippen LogP contribution in [0.1, 0.15) is 104 Å². The lowest BCUT2D eigenvalue weighted by molar-refractivity contribution is -0.168. The van der Waals surface area contributed by atoms with Gasteiger partial charge in [-0.15, -0.1) is 0 Å². The number of hydroxylamine groups is 2. The van der Waals surface area contributed by atoms with Crippen molar-refractivity contribution in [1.29, 1.82) is 0 Å². The van der Waals surface area contributed by atoms with E-state index in [-0.39, 0.29) is 5.91 Å². The zero-order chi connectivity index (χ0) is 19.5. The van der Waals surface area contributed by atoms with Gasteiger partial charge in [0.05, 0.1) is 7.11 Å². The van der Waals surface area contributed by atoms with E-state index in [9.17, 15) is 4.79 Å². The molecule has 0 heterocycles. The maximum Gasteiger partial charge on any atom is 0.245 e. The molecule has 3 nitrogen and oxygen atoms in total. The van der Waals surface area contributed by atoms with Crippen LogP contribution in [-0.4, -0.2) is 25.1 Å². The Morgan fingerprint density at radius 1 is 0.846 bits per heavy atom. The number of carbonyl (C=O) groups is 1. The van der Waals surface area contributed by atoms with Gasteiger partial charge in [0.1, 0.15) is 0 Å². The second-order valence-electron chi connectivity index (χ2n) is 7.16. The second kappa shape index (κ2) is 18.7. The van der Waals surface area contributed by atoms with E-state index in [0.29, 0.717) is 6.42 Å². The molecule has 0 unspecified atom stereocenters. The molecule has 3 heteroatoms. The Morgan fingerprint density at radius 3 is 2.23 bits per heavy atom. The number of unbranched alkanes of at least 4 members (excludes halogenated alkanes) is 8. The topological polar surface area (TPSA) is 29.5 Å². The van der Waals surface area contributed by atoms with Crippen molar-refractivity contribution >= 4 is 5.91 Å². The van der Waals surface area contributed by atoms with E-state index in [0.717, 1.165) is 19.3 Å². The Bertz CT molecular complexity index is 388. The molecule has 0 aromatic heterocycles. The van der Waals surface area contributed by atoms with Crippen LogP contribution in [0.4, 0.5) is 0 Å². The molecule has 0 aliphatic heterocycles. The first kappa shape index (κ1) is 24.9. The molecule has 0 N–H and O–H groups in total. The van der Waals surface area contributed by atoms with E-state index in [2.05, 4.69) is 32.1 Å². The fourth-order valence-electron chi connectivity index (χ4n) is 2.88. The highest BCUT2D eigenvalue weighted by Gasteiger charge is 2.06. The molecule has 152 valence electrons. The zero-order valence-corrected chi connectivity index (χ0v) is 17.9. The van der Waals surface area contributed by atoms with Gasteiger partial charge in [-0.3, -0.25) is 9.63 Å². The van der Waals surface area contributed by atoms with E-state index in [1.54, 1.807) is 12.6 Å². The van der Waals surface area contributed by atoms with Crippen LogP contribution >= 0.6 is 0 Å². The summed E-state index contributed by atoms with van der Waals surface area (Å²) in [5.74, 6) is 0.0706.